The first-order chi connectivity index (χ1) is 15.3. The van der Waals surface area contributed by atoms with Crippen LogP contribution >= 0.6 is 0 Å². The van der Waals surface area contributed by atoms with Crippen LogP contribution in [0.25, 0.3) is 11.0 Å². The molecule has 168 valence electrons. The molecule has 1 saturated heterocycles. The average Bonchev–Trinajstić information content (AvgIpc) is 3.21. The molecule has 9 heteroatoms. The molecule has 0 saturated carbocycles. The molecule has 6 nitrogen and oxygen atoms in total. The van der Waals surface area contributed by atoms with Gasteiger partial charge in [-0.1, -0.05) is 18.2 Å². The number of carbonyl (C=O) groups is 2. The number of likely N-dealkylation sites (tertiary alicyclic amines) is 1. The van der Waals surface area contributed by atoms with Crippen LogP contribution in [0, 0.1) is 5.92 Å². The molecule has 1 fully saturated rings. The summed E-state index contributed by atoms with van der Waals surface area (Å²) in [5.74, 6) is -0.382. The third kappa shape index (κ3) is 5.22. The monoisotopic (exact) mass is 446 g/mol. The number of nitrogens with zero attached hydrogens (tertiary/aromatic N) is 1. The Kier molecular flexibility index (Phi) is 6.07. The van der Waals surface area contributed by atoms with E-state index in [9.17, 15) is 22.8 Å². The number of para-hydroxylation sites is 1. The van der Waals surface area contributed by atoms with Crippen molar-refractivity contribution in [3.8, 4) is 5.75 Å². The fraction of sp³-hybridized carbons (Fsp3) is 0.304. The number of amides is 2. The predicted molar refractivity (Wildman–Crippen MR) is 110 cm³/mol. The van der Waals surface area contributed by atoms with E-state index in [1.54, 1.807) is 11.0 Å². The second-order valence-corrected chi connectivity index (χ2v) is 7.67. The molecule has 0 bridgehead atoms. The first-order valence-corrected chi connectivity index (χ1v) is 10.2. The predicted octanol–water partition coefficient (Wildman–Crippen LogP) is 4.61. The maximum atomic E-state index is 12.7. The SMILES string of the molecule is O=C(NCC1CCN(C(=O)c2cc3ccccc3o2)CC1)c1ccc(OC(F)(F)F)cc1. The molecule has 0 unspecified atom stereocenters. The smallest absolute Gasteiger partial charge is 0.451 e. The van der Waals surface area contributed by atoms with E-state index in [1.807, 2.05) is 24.3 Å². The lowest BCUT2D eigenvalue weighted by Crippen LogP contribution is -2.41. The summed E-state index contributed by atoms with van der Waals surface area (Å²) in [6.45, 7) is 1.53. The molecular weight excluding hydrogens is 425 g/mol. The van der Waals surface area contributed by atoms with Gasteiger partial charge in [-0.3, -0.25) is 9.59 Å². The standard InChI is InChI=1S/C23H21F3N2O4/c24-23(25,26)32-18-7-5-16(6-8-18)21(29)27-14-15-9-11-28(12-10-15)22(30)20-13-17-3-1-2-4-19(17)31-20/h1-8,13,15H,9-12,14H2,(H,27,29). The van der Waals surface area contributed by atoms with E-state index >= 15 is 0 Å². The van der Waals surface area contributed by atoms with E-state index in [0.717, 1.165) is 30.4 Å². The number of ether oxygens (including phenoxy) is 1. The number of rotatable bonds is 5. The molecule has 0 aliphatic carbocycles. The molecule has 1 aliphatic heterocycles. The number of halogens is 3. The van der Waals surface area contributed by atoms with Crippen LogP contribution in [0.3, 0.4) is 0 Å². The van der Waals surface area contributed by atoms with Crippen LogP contribution in [0.15, 0.2) is 59.0 Å². The number of alkyl halides is 3. The highest BCUT2D eigenvalue weighted by Gasteiger charge is 2.31. The Morgan fingerprint density at radius 2 is 1.75 bits per heavy atom. The van der Waals surface area contributed by atoms with E-state index in [-0.39, 0.29) is 29.0 Å². The lowest BCUT2D eigenvalue weighted by molar-refractivity contribution is -0.274. The van der Waals surface area contributed by atoms with Gasteiger partial charge in [-0.25, -0.2) is 0 Å². The van der Waals surface area contributed by atoms with Gasteiger partial charge in [0.25, 0.3) is 11.8 Å². The normalized spacial score (nSPS) is 15.0. The number of hydrogen-bond acceptors (Lipinski definition) is 4. The van der Waals surface area contributed by atoms with Crippen molar-refractivity contribution in [3.63, 3.8) is 0 Å². The zero-order chi connectivity index (χ0) is 22.7. The molecule has 0 atom stereocenters. The van der Waals surface area contributed by atoms with Gasteiger partial charge in [-0.2, -0.15) is 0 Å². The van der Waals surface area contributed by atoms with Crippen molar-refractivity contribution in [2.75, 3.05) is 19.6 Å². The summed E-state index contributed by atoms with van der Waals surface area (Å²) in [4.78, 5) is 26.7. The van der Waals surface area contributed by atoms with Crippen molar-refractivity contribution < 1.29 is 31.9 Å². The minimum absolute atomic E-state index is 0.148. The molecule has 0 radical (unpaired) electrons. The number of fused-ring (bicyclic) bond motifs is 1. The third-order valence-corrected chi connectivity index (χ3v) is 5.44. The van der Waals surface area contributed by atoms with Crippen LogP contribution in [0.1, 0.15) is 33.8 Å². The molecular formula is C23H21F3N2O4. The third-order valence-electron chi connectivity index (χ3n) is 5.44. The minimum atomic E-state index is -4.77. The fourth-order valence-corrected chi connectivity index (χ4v) is 3.73. The van der Waals surface area contributed by atoms with Gasteiger partial charge in [0.05, 0.1) is 0 Å². The van der Waals surface area contributed by atoms with Gasteiger partial charge in [0.2, 0.25) is 0 Å². The topological polar surface area (TPSA) is 71.8 Å². The molecule has 0 spiro atoms. The quantitative estimate of drug-likeness (QED) is 0.621. The van der Waals surface area contributed by atoms with Crippen LogP contribution in [-0.2, 0) is 0 Å². The maximum absolute atomic E-state index is 12.7. The lowest BCUT2D eigenvalue weighted by atomic mass is 9.96. The lowest BCUT2D eigenvalue weighted by Gasteiger charge is -2.31. The van der Waals surface area contributed by atoms with Crippen molar-refractivity contribution in [2.45, 2.75) is 19.2 Å². The van der Waals surface area contributed by atoms with Crippen molar-refractivity contribution in [2.24, 2.45) is 5.92 Å². The Bertz CT molecular complexity index is 1070. The Labute approximate surface area is 181 Å². The van der Waals surface area contributed by atoms with Gasteiger partial charge >= 0.3 is 6.36 Å². The van der Waals surface area contributed by atoms with Gasteiger partial charge in [-0.05, 0) is 55.2 Å². The number of carbonyl (C=O) groups excluding carboxylic acids is 2. The van der Waals surface area contributed by atoms with Gasteiger partial charge < -0.3 is 19.4 Å². The summed E-state index contributed by atoms with van der Waals surface area (Å²) in [5, 5.41) is 3.69. The summed E-state index contributed by atoms with van der Waals surface area (Å²) in [6.07, 6.45) is -3.32. The Hall–Kier alpha value is -3.49. The summed E-state index contributed by atoms with van der Waals surface area (Å²) in [5.41, 5.74) is 0.920. The zero-order valence-corrected chi connectivity index (χ0v) is 17.0. The van der Waals surface area contributed by atoms with E-state index in [2.05, 4.69) is 10.1 Å². The second kappa shape index (κ2) is 8.94. The van der Waals surface area contributed by atoms with Crippen LogP contribution in [-0.4, -0.2) is 42.7 Å². The molecule has 1 aliphatic rings. The highest BCUT2D eigenvalue weighted by Crippen LogP contribution is 2.24. The van der Waals surface area contributed by atoms with E-state index in [1.165, 1.54) is 12.1 Å². The summed E-state index contributed by atoms with van der Waals surface area (Å²) in [6, 6.07) is 14.0. The largest absolute Gasteiger partial charge is 0.573 e. The van der Waals surface area contributed by atoms with Crippen molar-refractivity contribution >= 4 is 22.8 Å². The molecule has 2 aromatic carbocycles. The highest BCUT2D eigenvalue weighted by atomic mass is 19.4. The van der Waals surface area contributed by atoms with Crippen molar-refractivity contribution in [1.82, 2.24) is 10.2 Å². The van der Waals surface area contributed by atoms with Gasteiger partial charge in [0, 0.05) is 30.6 Å². The Balaban J connectivity index is 1.25. The summed E-state index contributed by atoms with van der Waals surface area (Å²) < 4.78 is 46.1. The molecule has 4 rings (SSSR count). The molecule has 32 heavy (non-hydrogen) atoms. The van der Waals surface area contributed by atoms with E-state index in [4.69, 9.17) is 4.42 Å². The van der Waals surface area contributed by atoms with Gasteiger partial charge in [-0.15, -0.1) is 13.2 Å². The van der Waals surface area contributed by atoms with Crippen LogP contribution in [0.4, 0.5) is 13.2 Å². The number of furan rings is 1. The zero-order valence-electron chi connectivity index (χ0n) is 17.0. The minimum Gasteiger partial charge on any atom is -0.451 e. The van der Waals surface area contributed by atoms with Crippen LogP contribution < -0.4 is 10.1 Å². The van der Waals surface area contributed by atoms with Crippen molar-refractivity contribution in [1.29, 1.82) is 0 Å². The number of benzene rings is 2. The molecule has 1 aromatic heterocycles. The van der Waals surface area contributed by atoms with E-state index < -0.39 is 6.36 Å². The first kappa shape index (κ1) is 21.7. The van der Waals surface area contributed by atoms with E-state index in [0.29, 0.717) is 31.0 Å². The molecule has 2 heterocycles. The average molecular weight is 446 g/mol. The number of piperidine rings is 1. The second-order valence-electron chi connectivity index (χ2n) is 7.67. The van der Waals surface area contributed by atoms with Crippen molar-refractivity contribution in [3.05, 3.63) is 65.9 Å². The van der Waals surface area contributed by atoms with Crippen LogP contribution in [0.2, 0.25) is 0 Å². The first-order valence-electron chi connectivity index (χ1n) is 10.2. The molecule has 1 N–H and O–H groups in total. The highest BCUT2D eigenvalue weighted by molar-refractivity contribution is 5.96. The number of nitrogens with one attached hydrogen (secondary N) is 1. The fourth-order valence-electron chi connectivity index (χ4n) is 3.73. The summed E-state index contributed by atoms with van der Waals surface area (Å²) in [7, 11) is 0. The Morgan fingerprint density at radius 3 is 2.41 bits per heavy atom. The maximum Gasteiger partial charge on any atom is 0.573 e. The Morgan fingerprint density at radius 1 is 1.06 bits per heavy atom. The molecule has 3 aromatic rings. The van der Waals surface area contributed by atoms with Crippen LogP contribution in [0.5, 0.6) is 5.75 Å². The number of hydrogen-bond donors (Lipinski definition) is 1. The summed E-state index contributed by atoms with van der Waals surface area (Å²) >= 11 is 0. The molecule has 2 amide bonds. The van der Waals surface area contributed by atoms with Gasteiger partial charge in [0.1, 0.15) is 11.3 Å². The van der Waals surface area contributed by atoms with Gasteiger partial charge in [0.15, 0.2) is 5.76 Å².